The standard InChI is InChI=1S/C8H12N4O2/c1-9-7(14)4-11-8-10-3-2-6(5-13)12-8/h2-3,13H,4-5H2,1H3,(H,9,14)(H,10,11,12). The molecule has 0 aliphatic carbocycles. The van der Waals surface area contributed by atoms with Gasteiger partial charge in [0.15, 0.2) is 0 Å². The average molecular weight is 196 g/mol. The van der Waals surface area contributed by atoms with Crippen LogP contribution < -0.4 is 10.6 Å². The summed E-state index contributed by atoms with van der Waals surface area (Å²) in [6.45, 7) is -0.0252. The Morgan fingerprint density at radius 1 is 1.64 bits per heavy atom. The minimum absolute atomic E-state index is 0.116. The lowest BCUT2D eigenvalue weighted by atomic mass is 10.4. The molecule has 0 fully saturated rings. The number of likely N-dealkylation sites (N-methyl/N-ethyl adjacent to an activating group) is 1. The van der Waals surface area contributed by atoms with Gasteiger partial charge in [-0.2, -0.15) is 0 Å². The molecule has 6 nitrogen and oxygen atoms in total. The number of rotatable bonds is 4. The molecule has 1 heterocycles. The van der Waals surface area contributed by atoms with Crippen molar-refractivity contribution in [2.45, 2.75) is 6.61 Å². The predicted molar refractivity (Wildman–Crippen MR) is 50.5 cm³/mol. The maximum Gasteiger partial charge on any atom is 0.239 e. The summed E-state index contributed by atoms with van der Waals surface area (Å²) in [5.41, 5.74) is 0.513. The zero-order valence-corrected chi connectivity index (χ0v) is 7.82. The van der Waals surface area contributed by atoms with E-state index in [0.717, 1.165) is 0 Å². The van der Waals surface area contributed by atoms with Gasteiger partial charge in [0.1, 0.15) is 0 Å². The largest absolute Gasteiger partial charge is 0.390 e. The van der Waals surface area contributed by atoms with Crippen molar-refractivity contribution in [2.24, 2.45) is 0 Å². The Bertz CT molecular complexity index is 316. The average Bonchev–Trinajstić information content (AvgIpc) is 2.26. The van der Waals surface area contributed by atoms with Crippen molar-refractivity contribution in [3.05, 3.63) is 18.0 Å². The van der Waals surface area contributed by atoms with Gasteiger partial charge in [-0.15, -0.1) is 0 Å². The van der Waals surface area contributed by atoms with Crippen LogP contribution in [0.25, 0.3) is 0 Å². The molecule has 1 rings (SSSR count). The van der Waals surface area contributed by atoms with Gasteiger partial charge in [0.05, 0.1) is 18.8 Å². The normalized spacial score (nSPS) is 9.57. The topological polar surface area (TPSA) is 87.1 Å². The maximum absolute atomic E-state index is 10.9. The number of aliphatic hydroxyl groups is 1. The summed E-state index contributed by atoms with van der Waals surface area (Å²) in [5, 5.41) is 14.0. The van der Waals surface area contributed by atoms with Gasteiger partial charge < -0.3 is 15.7 Å². The third-order valence-corrected chi connectivity index (χ3v) is 1.56. The van der Waals surface area contributed by atoms with Crippen molar-refractivity contribution < 1.29 is 9.90 Å². The first-order valence-corrected chi connectivity index (χ1v) is 4.13. The van der Waals surface area contributed by atoms with Crippen LogP contribution in [0, 0.1) is 0 Å². The van der Waals surface area contributed by atoms with Crippen LogP contribution in [0.2, 0.25) is 0 Å². The van der Waals surface area contributed by atoms with E-state index >= 15 is 0 Å². The van der Waals surface area contributed by atoms with Crippen molar-refractivity contribution in [1.29, 1.82) is 0 Å². The van der Waals surface area contributed by atoms with Gasteiger partial charge in [0.25, 0.3) is 0 Å². The van der Waals surface area contributed by atoms with Crippen LogP contribution in [0.15, 0.2) is 12.3 Å². The first kappa shape index (κ1) is 10.4. The van der Waals surface area contributed by atoms with Crippen LogP contribution in [0.1, 0.15) is 5.69 Å². The van der Waals surface area contributed by atoms with Gasteiger partial charge in [-0.05, 0) is 6.07 Å². The lowest BCUT2D eigenvalue weighted by molar-refractivity contribution is -0.118. The maximum atomic E-state index is 10.9. The van der Waals surface area contributed by atoms with Crippen molar-refractivity contribution in [3.63, 3.8) is 0 Å². The summed E-state index contributed by atoms with van der Waals surface area (Å²) in [6, 6.07) is 1.60. The number of amides is 1. The van der Waals surface area contributed by atoms with Gasteiger partial charge in [0, 0.05) is 13.2 Å². The molecule has 0 aliphatic heterocycles. The van der Waals surface area contributed by atoms with Gasteiger partial charge in [-0.1, -0.05) is 0 Å². The number of hydrogen-bond acceptors (Lipinski definition) is 5. The molecule has 3 N–H and O–H groups in total. The van der Waals surface area contributed by atoms with E-state index < -0.39 is 0 Å². The molecule has 76 valence electrons. The summed E-state index contributed by atoms with van der Waals surface area (Å²) in [7, 11) is 1.55. The summed E-state index contributed by atoms with van der Waals surface area (Å²) >= 11 is 0. The number of carbonyl (C=O) groups is 1. The predicted octanol–water partition coefficient (Wildman–Crippen LogP) is -0.873. The lowest BCUT2D eigenvalue weighted by Crippen LogP contribution is -2.26. The van der Waals surface area contributed by atoms with E-state index in [1.165, 1.54) is 6.20 Å². The molecule has 6 heteroatoms. The fourth-order valence-electron chi connectivity index (χ4n) is 0.817. The third-order valence-electron chi connectivity index (χ3n) is 1.56. The summed E-state index contributed by atoms with van der Waals surface area (Å²) in [4.78, 5) is 18.7. The van der Waals surface area contributed by atoms with E-state index in [9.17, 15) is 4.79 Å². The highest BCUT2D eigenvalue weighted by Gasteiger charge is 2.00. The van der Waals surface area contributed by atoms with E-state index in [4.69, 9.17) is 5.11 Å². The summed E-state index contributed by atoms with van der Waals surface area (Å²) in [6.07, 6.45) is 1.52. The van der Waals surface area contributed by atoms with Gasteiger partial charge >= 0.3 is 0 Å². The van der Waals surface area contributed by atoms with Crippen molar-refractivity contribution in [1.82, 2.24) is 15.3 Å². The highest BCUT2D eigenvalue weighted by molar-refractivity contribution is 5.79. The van der Waals surface area contributed by atoms with Crippen molar-refractivity contribution in [2.75, 3.05) is 18.9 Å². The first-order chi connectivity index (χ1) is 6.76. The number of hydrogen-bond donors (Lipinski definition) is 3. The fraction of sp³-hybridized carbons (Fsp3) is 0.375. The Kier molecular flexibility index (Phi) is 3.81. The SMILES string of the molecule is CNC(=O)CNc1nccc(CO)n1. The monoisotopic (exact) mass is 196 g/mol. The van der Waals surface area contributed by atoms with Crippen LogP contribution in [-0.4, -0.2) is 34.6 Å². The number of carbonyl (C=O) groups excluding carboxylic acids is 1. The Balaban J connectivity index is 2.54. The van der Waals surface area contributed by atoms with E-state index in [0.29, 0.717) is 11.6 Å². The molecule has 1 aromatic rings. The van der Waals surface area contributed by atoms with Crippen LogP contribution in [0.4, 0.5) is 5.95 Å². The minimum atomic E-state index is -0.150. The fourth-order valence-corrected chi connectivity index (χ4v) is 0.817. The van der Waals surface area contributed by atoms with Gasteiger partial charge in [-0.3, -0.25) is 4.79 Å². The molecule has 0 spiro atoms. The van der Waals surface area contributed by atoms with Crippen LogP contribution in [0.5, 0.6) is 0 Å². The molecule has 0 unspecified atom stereocenters. The Labute approximate surface area is 81.4 Å². The smallest absolute Gasteiger partial charge is 0.239 e. The zero-order chi connectivity index (χ0) is 10.4. The van der Waals surface area contributed by atoms with E-state index in [1.54, 1.807) is 13.1 Å². The number of nitrogens with one attached hydrogen (secondary N) is 2. The zero-order valence-electron chi connectivity index (χ0n) is 7.82. The second kappa shape index (κ2) is 5.13. The Morgan fingerprint density at radius 3 is 3.07 bits per heavy atom. The highest BCUT2D eigenvalue weighted by atomic mass is 16.3. The van der Waals surface area contributed by atoms with Gasteiger partial charge in [0.2, 0.25) is 11.9 Å². The second-order valence-corrected chi connectivity index (χ2v) is 2.56. The molecule has 0 aromatic carbocycles. The first-order valence-electron chi connectivity index (χ1n) is 4.13. The Morgan fingerprint density at radius 2 is 2.43 bits per heavy atom. The van der Waals surface area contributed by atoms with E-state index in [2.05, 4.69) is 20.6 Å². The minimum Gasteiger partial charge on any atom is -0.390 e. The molecule has 0 saturated heterocycles. The van der Waals surface area contributed by atoms with Crippen LogP contribution in [0.3, 0.4) is 0 Å². The highest BCUT2D eigenvalue weighted by Crippen LogP contribution is 1.99. The molecule has 1 amide bonds. The number of aromatic nitrogens is 2. The molecule has 0 aliphatic rings. The van der Waals surface area contributed by atoms with Crippen LogP contribution in [-0.2, 0) is 11.4 Å². The molecular weight excluding hydrogens is 184 g/mol. The quantitative estimate of drug-likeness (QED) is 0.582. The molecule has 0 saturated carbocycles. The van der Waals surface area contributed by atoms with Gasteiger partial charge in [-0.25, -0.2) is 9.97 Å². The Hall–Kier alpha value is -1.69. The number of aliphatic hydroxyl groups excluding tert-OH is 1. The molecule has 14 heavy (non-hydrogen) atoms. The molecule has 0 atom stereocenters. The van der Waals surface area contributed by atoms with Crippen molar-refractivity contribution >= 4 is 11.9 Å². The van der Waals surface area contributed by atoms with E-state index in [-0.39, 0.29) is 19.1 Å². The summed E-state index contributed by atoms with van der Waals surface area (Å²) in [5.74, 6) is 0.183. The van der Waals surface area contributed by atoms with Crippen LogP contribution >= 0.6 is 0 Å². The molecule has 1 aromatic heterocycles. The molecule has 0 bridgehead atoms. The lowest BCUT2D eigenvalue weighted by Gasteiger charge is -2.03. The number of anilines is 1. The molecule has 0 radical (unpaired) electrons. The van der Waals surface area contributed by atoms with Crippen molar-refractivity contribution in [3.8, 4) is 0 Å². The molecular formula is C8H12N4O2. The number of nitrogens with zero attached hydrogens (tertiary/aromatic N) is 2. The second-order valence-electron chi connectivity index (χ2n) is 2.56. The third kappa shape index (κ3) is 2.98. The van der Waals surface area contributed by atoms with E-state index in [1.807, 2.05) is 0 Å². The summed E-state index contributed by atoms with van der Waals surface area (Å²) < 4.78 is 0.